The summed E-state index contributed by atoms with van der Waals surface area (Å²) in [5.74, 6) is 2.33. The summed E-state index contributed by atoms with van der Waals surface area (Å²) in [6.45, 7) is 2.33. The minimum atomic E-state index is -0.195. The van der Waals surface area contributed by atoms with Crippen LogP contribution in [0.2, 0.25) is 0 Å². The largest absolute Gasteiger partial charge is 0.300 e. The molecule has 13 heavy (non-hydrogen) atoms. The van der Waals surface area contributed by atoms with E-state index in [-0.39, 0.29) is 11.9 Å². The van der Waals surface area contributed by atoms with Crippen molar-refractivity contribution < 1.29 is 4.39 Å². The molecule has 0 aliphatic heterocycles. The molecular weight excluding hydrogens is 165 g/mol. The number of hydrogen-bond donors (Lipinski definition) is 1. The standard InChI is InChI=1S/C11H12FN/c1-3-9(2)13-8-10-6-4-5-7-11(10)12/h1,4-7,9,13H,8H2,2H3. The van der Waals surface area contributed by atoms with Crippen LogP contribution in [0.5, 0.6) is 0 Å². The fraction of sp³-hybridized carbons (Fsp3) is 0.273. The lowest BCUT2D eigenvalue weighted by Crippen LogP contribution is -2.23. The van der Waals surface area contributed by atoms with Crippen LogP contribution in [0.25, 0.3) is 0 Å². The van der Waals surface area contributed by atoms with Crippen molar-refractivity contribution in [3.05, 3.63) is 35.6 Å². The Morgan fingerprint density at radius 1 is 1.54 bits per heavy atom. The third kappa shape index (κ3) is 2.89. The molecule has 0 spiro atoms. The maximum absolute atomic E-state index is 13.1. The number of halogens is 1. The lowest BCUT2D eigenvalue weighted by molar-refractivity contribution is 0.578. The third-order valence-electron chi connectivity index (χ3n) is 1.81. The summed E-state index contributed by atoms with van der Waals surface area (Å²) >= 11 is 0. The monoisotopic (exact) mass is 177 g/mol. The average molecular weight is 177 g/mol. The third-order valence-corrected chi connectivity index (χ3v) is 1.81. The van der Waals surface area contributed by atoms with Crippen LogP contribution in [0.1, 0.15) is 12.5 Å². The summed E-state index contributed by atoms with van der Waals surface area (Å²) in [5.41, 5.74) is 0.643. The highest BCUT2D eigenvalue weighted by Gasteiger charge is 2.01. The fourth-order valence-electron chi connectivity index (χ4n) is 0.964. The molecule has 0 aliphatic carbocycles. The van der Waals surface area contributed by atoms with Crippen LogP contribution in [-0.4, -0.2) is 6.04 Å². The maximum atomic E-state index is 13.1. The molecule has 0 aromatic heterocycles. The van der Waals surface area contributed by atoms with Crippen LogP contribution in [0.15, 0.2) is 24.3 Å². The summed E-state index contributed by atoms with van der Waals surface area (Å²) in [7, 11) is 0. The van der Waals surface area contributed by atoms with E-state index < -0.39 is 0 Å². The van der Waals surface area contributed by atoms with Gasteiger partial charge in [-0.1, -0.05) is 24.1 Å². The Bertz CT molecular complexity index is 314. The molecule has 1 aromatic carbocycles. The lowest BCUT2D eigenvalue weighted by atomic mass is 10.2. The number of terminal acetylenes is 1. The number of benzene rings is 1. The van der Waals surface area contributed by atoms with Gasteiger partial charge < -0.3 is 0 Å². The van der Waals surface area contributed by atoms with Gasteiger partial charge in [0, 0.05) is 12.1 Å². The van der Waals surface area contributed by atoms with E-state index >= 15 is 0 Å². The average Bonchev–Trinajstić information content (AvgIpc) is 2.16. The van der Waals surface area contributed by atoms with Crippen LogP contribution < -0.4 is 5.32 Å². The van der Waals surface area contributed by atoms with Crippen molar-refractivity contribution in [2.24, 2.45) is 0 Å². The molecule has 0 saturated carbocycles. The molecule has 0 saturated heterocycles. The topological polar surface area (TPSA) is 12.0 Å². The summed E-state index contributed by atoms with van der Waals surface area (Å²) in [5, 5.41) is 3.01. The van der Waals surface area contributed by atoms with Gasteiger partial charge in [-0.3, -0.25) is 5.32 Å². The van der Waals surface area contributed by atoms with Gasteiger partial charge in [0.1, 0.15) is 5.82 Å². The summed E-state index contributed by atoms with van der Waals surface area (Å²) < 4.78 is 13.1. The van der Waals surface area contributed by atoms with Crippen molar-refractivity contribution >= 4 is 0 Å². The Morgan fingerprint density at radius 3 is 2.85 bits per heavy atom. The van der Waals surface area contributed by atoms with E-state index in [4.69, 9.17) is 6.42 Å². The Hall–Kier alpha value is -1.33. The molecule has 0 bridgehead atoms. The first-order chi connectivity index (χ1) is 6.24. The van der Waals surface area contributed by atoms with Gasteiger partial charge in [0.15, 0.2) is 0 Å². The van der Waals surface area contributed by atoms with Gasteiger partial charge in [-0.25, -0.2) is 4.39 Å². The van der Waals surface area contributed by atoms with E-state index in [1.807, 2.05) is 6.92 Å². The van der Waals surface area contributed by atoms with Gasteiger partial charge in [0.25, 0.3) is 0 Å². The van der Waals surface area contributed by atoms with Gasteiger partial charge in [-0.15, -0.1) is 6.42 Å². The van der Waals surface area contributed by atoms with Crippen LogP contribution in [0.4, 0.5) is 4.39 Å². The smallest absolute Gasteiger partial charge is 0.127 e. The predicted octanol–water partition coefficient (Wildman–Crippen LogP) is 1.94. The predicted molar refractivity (Wildman–Crippen MR) is 51.5 cm³/mol. The molecule has 1 nitrogen and oxygen atoms in total. The molecule has 1 aromatic rings. The van der Waals surface area contributed by atoms with Crippen LogP contribution >= 0.6 is 0 Å². The number of rotatable bonds is 3. The maximum Gasteiger partial charge on any atom is 0.127 e. The number of hydrogen-bond acceptors (Lipinski definition) is 1. The van der Waals surface area contributed by atoms with Crippen LogP contribution in [-0.2, 0) is 6.54 Å². The second kappa shape index (κ2) is 4.64. The Balaban J connectivity index is 2.56. The Labute approximate surface area is 78.0 Å². The van der Waals surface area contributed by atoms with Crippen molar-refractivity contribution in [1.82, 2.24) is 5.32 Å². The molecule has 1 N–H and O–H groups in total. The lowest BCUT2D eigenvalue weighted by Gasteiger charge is -2.07. The number of nitrogens with one attached hydrogen (secondary N) is 1. The molecule has 1 rings (SSSR count). The minimum absolute atomic E-state index is 0.0281. The normalized spacial score (nSPS) is 12.1. The molecule has 68 valence electrons. The fourth-order valence-corrected chi connectivity index (χ4v) is 0.964. The van der Waals surface area contributed by atoms with Crippen molar-refractivity contribution in [1.29, 1.82) is 0 Å². The van der Waals surface area contributed by atoms with E-state index in [0.29, 0.717) is 12.1 Å². The molecule has 1 atom stereocenters. The van der Waals surface area contributed by atoms with Crippen molar-refractivity contribution in [3.63, 3.8) is 0 Å². The van der Waals surface area contributed by atoms with Crippen molar-refractivity contribution in [3.8, 4) is 12.3 Å². The summed E-state index contributed by atoms with van der Waals surface area (Å²) in [6.07, 6.45) is 5.17. The van der Waals surface area contributed by atoms with Crippen molar-refractivity contribution in [2.45, 2.75) is 19.5 Å². The van der Waals surface area contributed by atoms with Crippen LogP contribution in [0, 0.1) is 18.2 Å². The summed E-state index contributed by atoms with van der Waals surface area (Å²) in [6, 6.07) is 6.63. The van der Waals surface area contributed by atoms with Gasteiger partial charge in [-0.2, -0.15) is 0 Å². The first-order valence-corrected chi connectivity index (χ1v) is 4.17. The zero-order chi connectivity index (χ0) is 9.68. The van der Waals surface area contributed by atoms with Gasteiger partial charge in [0.05, 0.1) is 6.04 Å². The van der Waals surface area contributed by atoms with E-state index in [1.165, 1.54) is 6.07 Å². The molecule has 0 amide bonds. The zero-order valence-electron chi connectivity index (χ0n) is 7.55. The molecule has 2 heteroatoms. The first kappa shape index (κ1) is 9.76. The SMILES string of the molecule is C#CC(C)NCc1ccccc1F. The highest BCUT2D eigenvalue weighted by atomic mass is 19.1. The molecule has 1 unspecified atom stereocenters. The molecule has 0 aliphatic rings. The molecule has 0 fully saturated rings. The zero-order valence-corrected chi connectivity index (χ0v) is 7.55. The highest BCUT2D eigenvalue weighted by Crippen LogP contribution is 2.05. The molecular formula is C11H12FN. The van der Waals surface area contributed by atoms with Gasteiger partial charge >= 0.3 is 0 Å². The van der Waals surface area contributed by atoms with Gasteiger partial charge in [0.2, 0.25) is 0 Å². The van der Waals surface area contributed by atoms with Crippen molar-refractivity contribution in [2.75, 3.05) is 0 Å². The van der Waals surface area contributed by atoms with E-state index in [1.54, 1.807) is 18.2 Å². The van der Waals surface area contributed by atoms with Crippen LogP contribution in [0.3, 0.4) is 0 Å². The molecule has 0 radical (unpaired) electrons. The second-order valence-electron chi connectivity index (χ2n) is 2.86. The quantitative estimate of drug-likeness (QED) is 0.696. The summed E-state index contributed by atoms with van der Waals surface area (Å²) in [4.78, 5) is 0. The van der Waals surface area contributed by atoms with E-state index in [2.05, 4.69) is 11.2 Å². The minimum Gasteiger partial charge on any atom is -0.300 e. The van der Waals surface area contributed by atoms with Gasteiger partial charge in [-0.05, 0) is 13.0 Å². The Morgan fingerprint density at radius 2 is 2.23 bits per heavy atom. The second-order valence-corrected chi connectivity index (χ2v) is 2.86. The highest BCUT2D eigenvalue weighted by molar-refractivity contribution is 5.17. The Kier molecular flexibility index (Phi) is 3.48. The van der Waals surface area contributed by atoms with E-state index in [9.17, 15) is 4.39 Å². The molecule has 0 heterocycles. The van der Waals surface area contributed by atoms with E-state index in [0.717, 1.165) is 0 Å². The first-order valence-electron chi connectivity index (χ1n) is 4.17.